The van der Waals surface area contributed by atoms with Crippen molar-refractivity contribution in [3.8, 4) is 5.75 Å². The Kier molecular flexibility index (Phi) is 3.71. The molecule has 1 fully saturated rings. The van der Waals surface area contributed by atoms with E-state index in [9.17, 15) is 13.5 Å². The van der Waals surface area contributed by atoms with Crippen molar-refractivity contribution in [1.29, 1.82) is 0 Å². The fourth-order valence-electron chi connectivity index (χ4n) is 2.01. The average Bonchev–Trinajstić information content (AvgIpc) is 2.29. The Bertz CT molecular complexity index is 580. The van der Waals surface area contributed by atoms with Crippen LogP contribution in [0.3, 0.4) is 0 Å². The lowest BCUT2D eigenvalue weighted by Gasteiger charge is -2.31. The van der Waals surface area contributed by atoms with Gasteiger partial charge in [-0.15, -0.1) is 0 Å². The molecule has 1 saturated carbocycles. The maximum Gasteiger partial charge on any atom is 0.244 e. The second-order valence-electron chi connectivity index (χ2n) is 4.80. The number of aryl methyl sites for hydroxylation is 1. The molecule has 0 saturated heterocycles. The molecule has 7 heteroatoms. The minimum atomic E-state index is -3.69. The monoisotopic (exact) mass is 286 g/mol. The van der Waals surface area contributed by atoms with Gasteiger partial charge in [0, 0.05) is 11.7 Å². The number of benzene rings is 1. The van der Waals surface area contributed by atoms with Gasteiger partial charge in [0.05, 0.1) is 13.2 Å². The highest BCUT2D eigenvalue weighted by atomic mass is 32.2. The van der Waals surface area contributed by atoms with Crippen molar-refractivity contribution in [2.75, 3.05) is 12.8 Å². The van der Waals surface area contributed by atoms with Crippen LogP contribution >= 0.6 is 0 Å². The smallest absolute Gasteiger partial charge is 0.244 e. The third-order valence-corrected chi connectivity index (χ3v) is 4.82. The zero-order chi connectivity index (χ0) is 14.2. The number of sulfonamides is 1. The van der Waals surface area contributed by atoms with E-state index in [4.69, 9.17) is 10.5 Å². The van der Waals surface area contributed by atoms with E-state index in [0.717, 1.165) is 5.56 Å². The van der Waals surface area contributed by atoms with E-state index >= 15 is 0 Å². The van der Waals surface area contributed by atoms with Gasteiger partial charge in [0.2, 0.25) is 10.0 Å². The number of methoxy groups -OCH3 is 1. The van der Waals surface area contributed by atoms with Gasteiger partial charge in [-0.05, 0) is 37.5 Å². The third kappa shape index (κ3) is 2.83. The topological polar surface area (TPSA) is 102 Å². The molecule has 1 aromatic rings. The zero-order valence-electron chi connectivity index (χ0n) is 10.9. The molecule has 0 aliphatic heterocycles. The van der Waals surface area contributed by atoms with Crippen molar-refractivity contribution in [3.05, 3.63) is 17.7 Å². The Hall–Kier alpha value is -1.31. The largest absolute Gasteiger partial charge is 0.495 e. The van der Waals surface area contributed by atoms with E-state index in [2.05, 4.69) is 4.72 Å². The zero-order valence-corrected chi connectivity index (χ0v) is 11.7. The number of hydrogen-bond donors (Lipinski definition) is 3. The van der Waals surface area contributed by atoms with Gasteiger partial charge in [-0.3, -0.25) is 0 Å². The van der Waals surface area contributed by atoms with Crippen molar-refractivity contribution in [2.24, 2.45) is 0 Å². The molecule has 1 aliphatic rings. The Morgan fingerprint density at radius 3 is 2.58 bits per heavy atom. The lowest BCUT2D eigenvalue weighted by atomic mass is 9.91. The van der Waals surface area contributed by atoms with Gasteiger partial charge in [-0.1, -0.05) is 0 Å². The first-order chi connectivity index (χ1) is 8.83. The van der Waals surface area contributed by atoms with Crippen LogP contribution < -0.4 is 15.2 Å². The summed E-state index contributed by atoms with van der Waals surface area (Å²) in [7, 11) is -2.28. The molecule has 0 atom stereocenters. The number of nitrogens with two attached hydrogens (primary N) is 1. The highest BCUT2D eigenvalue weighted by molar-refractivity contribution is 7.89. The molecule has 19 heavy (non-hydrogen) atoms. The molecular formula is C12H18N2O4S. The molecule has 0 bridgehead atoms. The summed E-state index contributed by atoms with van der Waals surface area (Å²) in [6, 6.07) is 2.76. The van der Waals surface area contributed by atoms with E-state index in [1.54, 1.807) is 13.0 Å². The summed E-state index contributed by atoms with van der Waals surface area (Å²) in [4.78, 5) is 0.0273. The first-order valence-corrected chi connectivity index (χ1v) is 7.46. The van der Waals surface area contributed by atoms with E-state index in [0.29, 0.717) is 18.5 Å². The number of aliphatic hydroxyl groups excluding tert-OH is 1. The summed E-state index contributed by atoms with van der Waals surface area (Å²) in [5.41, 5.74) is 6.91. The molecule has 1 aliphatic carbocycles. The standard InChI is InChI=1S/C12H18N2O4S/c1-7-3-11(18-2)12(6-10(7)13)19(16,17)14-8-4-9(15)5-8/h3,6,8-9,14-15H,4-5,13H2,1-2H3. The Labute approximate surface area is 112 Å². The van der Waals surface area contributed by atoms with Crippen LogP contribution in [-0.4, -0.2) is 32.8 Å². The van der Waals surface area contributed by atoms with Crippen molar-refractivity contribution in [2.45, 2.75) is 36.8 Å². The third-order valence-electron chi connectivity index (χ3n) is 3.28. The highest BCUT2D eigenvalue weighted by Gasteiger charge is 2.32. The molecule has 6 nitrogen and oxygen atoms in total. The summed E-state index contributed by atoms with van der Waals surface area (Å²) in [5.74, 6) is 0.263. The van der Waals surface area contributed by atoms with E-state index in [1.165, 1.54) is 13.2 Å². The minimum Gasteiger partial charge on any atom is -0.495 e. The fraction of sp³-hybridized carbons (Fsp3) is 0.500. The summed E-state index contributed by atoms with van der Waals surface area (Å²) in [6.07, 6.45) is 0.448. The number of nitrogens with one attached hydrogen (secondary N) is 1. The number of rotatable bonds is 4. The quantitative estimate of drug-likeness (QED) is 0.695. The number of ether oxygens (including phenoxy) is 1. The van der Waals surface area contributed by atoms with Crippen LogP contribution in [0.4, 0.5) is 5.69 Å². The maximum atomic E-state index is 12.3. The summed E-state index contributed by atoms with van der Waals surface area (Å²) in [5, 5.41) is 9.19. The number of nitrogen functional groups attached to an aromatic ring is 1. The first kappa shape index (κ1) is 14.1. The second-order valence-corrected chi connectivity index (χ2v) is 6.49. The van der Waals surface area contributed by atoms with Gasteiger partial charge in [0.1, 0.15) is 10.6 Å². The van der Waals surface area contributed by atoms with Crippen LogP contribution in [0, 0.1) is 6.92 Å². The summed E-state index contributed by atoms with van der Waals surface area (Å²) >= 11 is 0. The van der Waals surface area contributed by atoms with E-state index in [1.807, 2.05) is 0 Å². The number of anilines is 1. The first-order valence-electron chi connectivity index (χ1n) is 5.98. The Balaban J connectivity index is 2.31. The molecule has 0 spiro atoms. The van der Waals surface area contributed by atoms with Crippen LogP contribution in [0.2, 0.25) is 0 Å². The van der Waals surface area contributed by atoms with Crippen LogP contribution in [-0.2, 0) is 10.0 Å². The lowest BCUT2D eigenvalue weighted by Crippen LogP contribution is -2.46. The number of hydrogen-bond acceptors (Lipinski definition) is 5. The predicted molar refractivity (Wildman–Crippen MR) is 71.5 cm³/mol. The molecule has 2 rings (SSSR count). The molecule has 0 unspecified atom stereocenters. The lowest BCUT2D eigenvalue weighted by molar-refractivity contribution is 0.0712. The van der Waals surface area contributed by atoms with E-state index in [-0.39, 0.29) is 16.7 Å². The van der Waals surface area contributed by atoms with Gasteiger partial charge < -0.3 is 15.6 Å². The summed E-state index contributed by atoms with van der Waals surface area (Å²) < 4.78 is 32.1. The molecule has 1 aromatic carbocycles. The van der Waals surface area contributed by atoms with Crippen LogP contribution in [0.15, 0.2) is 17.0 Å². The fourth-order valence-corrected chi connectivity index (χ4v) is 3.46. The maximum absolute atomic E-state index is 12.3. The van der Waals surface area contributed by atoms with Crippen LogP contribution in [0.1, 0.15) is 18.4 Å². The van der Waals surface area contributed by atoms with E-state index < -0.39 is 16.1 Å². The minimum absolute atomic E-state index is 0.0273. The average molecular weight is 286 g/mol. The van der Waals surface area contributed by atoms with Crippen LogP contribution in [0.25, 0.3) is 0 Å². The van der Waals surface area contributed by atoms with Gasteiger partial charge in [0.25, 0.3) is 0 Å². The summed E-state index contributed by atoms with van der Waals surface area (Å²) in [6.45, 7) is 1.78. The van der Waals surface area contributed by atoms with Gasteiger partial charge in [0.15, 0.2) is 0 Å². The van der Waals surface area contributed by atoms with Crippen molar-refractivity contribution < 1.29 is 18.3 Å². The molecule has 0 radical (unpaired) electrons. The van der Waals surface area contributed by atoms with Gasteiger partial charge in [-0.2, -0.15) is 0 Å². The molecule has 106 valence electrons. The van der Waals surface area contributed by atoms with Crippen molar-refractivity contribution in [1.82, 2.24) is 4.72 Å². The molecule has 0 amide bonds. The molecule has 0 heterocycles. The second kappa shape index (κ2) is 4.99. The van der Waals surface area contributed by atoms with Gasteiger partial charge >= 0.3 is 0 Å². The van der Waals surface area contributed by atoms with Crippen molar-refractivity contribution >= 4 is 15.7 Å². The molecular weight excluding hydrogens is 268 g/mol. The molecule has 4 N–H and O–H groups in total. The Morgan fingerprint density at radius 1 is 1.42 bits per heavy atom. The normalized spacial score (nSPS) is 22.9. The van der Waals surface area contributed by atoms with Crippen LogP contribution in [0.5, 0.6) is 5.75 Å². The SMILES string of the molecule is COc1cc(C)c(N)cc1S(=O)(=O)NC1CC(O)C1. The highest BCUT2D eigenvalue weighted by Crippen LogP contribution is 2.30. The predicted octanol–water partition coefficient (Wildman–Crippen LogP) is 0.387. The van der Waals surface area contributed by atoms with Gasteiger partial charge in [-0.25, -0.2) is 13.1 Å². The Morgan fingerprint density at radius 2 is 2.05 bits per heavy atom. The van der Waals surface area contributed by atoms with Crippen molar-refractivity contribution in [3.63, 3.8) is 0 Å². The molecule has 0 aromatic heterocycles. The number of aliphatic hydroxyl groups is 1.